The Labute approximate surface area is 120 Å². The highest BCUT2D eigenvalue weighted by molar-refractivity contribution is 5.83. The van der Waals surface area contributed by atoms with Crippen molar-refractivity contribution in [3.05, 3.63) is 40.6 Å². The van der Waals surface area contributed by atoms with E-state index >= 15 is 0 Å². The maximum atomic E-state index is 13.8. The molecule has 0 aliphatic carbocycles. The molecule has 0 bridgehead atoms. The van der Waals surface area contributed by atoms with E-state index in [2.05, 4.69) is 0 Å². The summed E-state index contributed by atoms with van der Waals surface area (Å²) in [7, 11) is 1.38. The summed E-state index contributed by atoms with van der Waals surface area (Å²) < 4.78 is 25.3. The van der Waals surface area contributed by atoms with Crippen molar-refractivity contribution in [2.24, 2.45) is 5.41 Å². The summed E-state index contributed by atoms with van der Waals surface area (Å²) in [5.74, 6) is -0.456. The van der Waals surface area contributed by atoms with Crippen molar-refractivity contribution in [1.82, 2.24) is 4.57 Å². The number of aromatic nitrogens is 1. The van der Waals surface area contributed by atoms with Crippen LogP contribution in [0.25, 0.3) is 10.8 Å². The Morgan fingerprint density at radius 1 is 1.48 bits per heavy atom. The smallest absolute Gasteiger partial charge is 0.258 e. The fraction of sp³-hybridized carbons (Fsp3) is 0.400. The number of rotatable bonds is 4. The fourth-order valence-corrected chi connectivity index (χ4v) is 2.55. The van der Waals surface area contributed by atoms with Gasteiger partial charge in [0.15, 0.2) is 11.6 Å². The lowest BCUT2D eigenvalue weighted by molar-refractivity contribution is -0.145. The molecule has 5 nitrogen and oxygen atoms in total. The maximum absolute atomic E-state index is 13.8. The molecule has 0 unspecified atom stereocenters. The Kier molecular flexibility index (Phi) is 3.43. The van der Waals surface area contributed by atoms with Crippen LogP contribution in [0.3, 0.4) is 0 Å². The summed E-state index contributed by atoms with van der Waals surface area (Å²) in [6, 6.07) is 4.43. The van der Waals surface area contributed by atoms with Gasteiger partial charge in [-0.2, -0.15) is 0 Å². The van der Waals surface area contributed by atoms with E-state index < -0.39 is 11.2 Å². The molecular weight excluding hydrogens is 277 g/mol. The molecule has 1 aromatic carbocycles. The van der Waals surface area contributed by atoms with Crippen LogP contribution in [0.2, 0.25) is 0 Å². The van der Waals surface area contributed by atoms with Crippen LogP contribution in [0.4, 0.5) is 4.39 Å². The van der Waals surface area contributed by atoms with Crippen LogP contribution in [-0.2, 0) is 11.3 Å². The molecule has 1 aromatic heterocycles. The van der Waals surface area contributed by atoms with E-state index in [4.69, 9.17) is 9.47 Å². The Bertz CT molecular complexity index is 731. The van der Waals surface area contributed by atoms with Gasteiger partial charge in [-0.3, -0.25) is 4.79 Å². The summed E-state index contributed by atoms with van der Waals surface area (Å²) in [4.78, 5) is 12.4. The van der Waals surface area contributed by atoms with Crippen LogP contribution in [0.15, 0.2) is 29.2 Å². The molecule has 21 heavy (non-hydrogen) atoms. The number of benzene rings is 1. The minimum atomic E-state index is -0.566. The second-order valence-electron chi connectivity index (χ2n) is 5.47. The SMILES string of the molecule is COc1cc2ccn(CC3(CO)COC3)c(=O)c2cc1F. The van der Waals surface area contributed by atoms with Gasteiger partial charge in [0.2, 0.25) is 0 Å². The highest BCUT2D eigenvalue weighted by Crippen LogP contribution is 2.29. The molecule has 0 radical (unpaired) electrons. The maximum Gasteiger partial charge on any atom is 0.258 e. The lowest BCUT2D eigenvalue weighted by atomic mass is 9.87. The van der Waals surface area contributed by atoms with Gasteiger partial charge in [0.1, 0.15) is 0 Å². The number of halogens is 1. The van der Waals surface area contributed by atoms with Crippen LogP contribution in [-0.4, -0.2) is 36.6 Å². The van der Waals surface area contributed by atoms with Gasteiger partial charge in [0.25, 0.3) is 5.56 Å². The molecule has 0 spiro atoms. The van der Waals surface area contributed by atoms with Crippen molar-refractivity contribution in [3.63, 3.8) is 0 Å². The third kappa shape index (κ3) is 2.30. The third-order valence-electron chi connectivity index (χ3n) is 3.91. The normalized spacial score (nSPS) is 16.7. The predicted octanol–water partition coefficient (Wildman–Crippen LogP) is 1.16. The van der Waals surface area contributed by atoms with Gasteiger partial charge >= 0.3 is 0 Å². The molecule has 0 amide bonds. The van der Waals surface area contributed by atoms with E-state index in [9.17, 15) is 14.3 Å². The molecule has 6 heteroatoms. The van der Waals surface area contributed by atoms with Crippen molar-refractivity contribution in [2.45, 2.75) is 6.54 Å². The quantitative estimate of drug-likeness (QED) is 0.919. The summed E-state index contributed by atoms with van der Waals surface area (Å²) >= 11 is 0. The molecule has 1 saturated heterocycles. The molecule has 0 atom stereocenters. The standard InChI is InChI=1S/C15H16FNO4/c1-20-13-4-10-2-3-17(6-15(7-18)8-21-9-15)14(19)11(10)5-12(13)16/h2-5,18H,6-9H2,1H3. The highest BCUT2D eigenvalue weighted by atomic mass is 19.1. The number of hydrogen-bond acceptors (Lipinski definition) is 4. The second kappa shape index (κ2) is 5.13. The van der Waals surface area contributed by atoms with E-state index in [-0.39, 0.29) is 17.9 Å². The molecular formula is C15H16FNO4. The zero-order valence-electron chi connectivity index (χ0n) is 11.6. The van der Waals surface area contributed by atoms with Gasteiger partial charge in [0.05, 0.1) is 37.7 Å². The summed E-state index contributed by atoms with van der Waals surface area (Å²) in [6.07, 6.45) is 1.65. The van der Waals surface area contributed by atoms with Crippen LogP contribution in [0.1, 0.15) is 0 Å². The third-order valence-corrected chi connectivity index (χ3v) is 3.91. The number of aliphatic hydroxyl groups is 1. The molecule has 1 N–H and O–H groups in total. The van der Waals surface area contributed by atoms with E-state index in [1.165, 1.54) is 23.8 Å². The molecule has 1 aliphatic rings. The monoisotopic (exact) mass is 293 g/mol. The first-order chi connectivity index (χ1) is 10.1. The molecule has 2 heterocycles. The second-order valence-corrected chi connectivity index (χ2v) is 5.47. The molecule has 1 aliphatic heterocycles. The van der Waals surface area contributed by atoms with E-state index in [1.807, 2.05) is 0 Å². The number of nitrogens with zero attached hydrogens (tertiary/aromatic N) is 1. The van der Waals surface area contributed by atoms with E-state index in [0.29, 0.717) is 30.5 Å². The van der Waals surface area contributed by atoms with Crippen molar-refractivity contribution in [3.8, 4) is 5.75 Å². The molecule has 0 saturated carbocycles. The highest BCUT2D eigenvalue weighted by Gasteiger charge is 2.38. The Hall–Kier alpha value is -1.92. The summed E-state index contributed by atoms with van der Waals surface area (Å²) in [5.41, 5.74) is -0.698. The zero-order valence-corrected chi connectivity index (χ0v) is 11.6. The average Bonchev–Trinajstić information content (AvgIpc) is 2.45. The van der Waals surface area contributed by atoms with Gasteiger partial charge in [-0.15, -0.1) is 0 Å². The number of hydrogen-bond donors (Lipinski definition) is 1. The molecule has 1 fully saturated rings. The fourth-order valence-electron chi connectivity index (χ4n) is 2.55. The predicted molar refractivity (Wildman–Crippen MR) is 75.1 cm³/mol. The van der Waals surface area contributed by atoms with Gasteiger partial charge < -0.3 is 19.1 Å². The molecule has 3 rings (SSSR count). The lowest BCUT2D eigenvalue weighted by Gasteiger charge is -2.40. The summed E-state index contributed by atoms with van der Waals surface area (Å²) in [6.45, 7) is 1.15. The average molecular weight is 293 g/mol. The van der Waals surface area contributed by atoms with Crippen molar-refractivity contribution in [1.29, 1.82) is 0 Å². The number of fused-ring (bicyclic) bond motifs is 1. The minimum absolute atomic E-state index is 0.0472. The molecule has 112 valence electrons. The van der Waals surface area contributed by atoms with Gasteiger partial charge in [-0.25, -0.2) is 4.39 Å². The van der Waals surface area contributed by atoms with Gasteiger partial charge in [-0.1, -0.05) is 0 Å². The number of ether oxygens (including phenoxy) is 2. The lowest BCUT2D eigenvalue weighted by Crippen LogP contribution is -2.50. The van der Waals surface area contributed by atoms with E-state index in [1.54, 1.807) is 12.3 Å². The van der Waals surface area contributed by atoms with Crippen molar-refractivity contribution in [2.75, 3.05) is 26.9 Å². The van der Waals surface area contributed by atoms with Crippen LogP contribution in [0, 0.1) is 11.2 Å². The van der Waals surface area contributed by atoms with Crippen molar-refractivity contribution >= 4 is 10.8 Å². The summed E-state index contributed by atoms with van der Waals surface area (Å²) in [5, 5.41) is 10.4. The van der Waals surface area contributed by atoms with Crippen LogP contribution < -0.4 is 10.3 Å². The zero-order chi connectivity index (χ0) is 15.0. The first-order valence-electron chi connectivity index (χ1n) is 6.64. The Morgan fingerprint density at radius 2 is 2.24 bits per heavy atom. The number of methoxy groups -OCH3 is 1. The van der Waals surface area contributed by atoms with Crippen LogP contribution >= 0.6 is 0 Å². The largest absolute Gasteiger partial charge is 0.494 e. The van der Waals surface area contributed by atoms with Crippen LogP contribution in [0.5, 0.6) is 5.75 Å². The van der Waals surface area contributed by atoms with Gasteiger partial charge in [-0.05, 0) is 23.6 Å². The van der Waals surface area contributed by atoms with Gasteiger partial charge in [0, 0.05) is 12.7 Å². The van der Waals surface area contributed by atoms with Crippen molar-refractivity contribution < 1.29 is 19.0 Å². The van der Waals surface area contributed by atoms with E-state index in [0.717, 1.165) is 0 Å². The Balaban J connectivity index is 2.06. The Morgan fingerprint density at radius 3 is 2.81 bits per heavy atom. The molecule has 2 aromatic rings. The topological polar surface area (TPSA) is 60.7 Å². The number of aliphatic hydroxyl groups excluding tert-OH is 1. The first-order valence-corrected chi connectivity index (χ1v) is 6.64. The number of pyridine rings is 1. The first kappa shape index (κ1) is 14.0. The minimum Gasteiger partial charge on any atom is -0.494 e.